The summed E-state index contributed by atoms with van der Waals surface area (Å²) in [7, 11) is 1.33. The Kier molecular flexibility index (Phi) is 3.76. The normalized spacial score (nSPS) is 13.3. The van der Waals surface area contributed by atoms with Crippen LogP contribution in [0.4, 0.5) is 5.95 Å². The zero-order valence-corrected chi connectivity index (χ0v) is 12.5. The van der Waals surface area contributed by atoms with Crippen LogP contribution in [0.15, 0.2) is 12.3 Å². The fourth-order valence-corrected chi connectivity index (χ4v) is 2.54. The summed E-state index contributed by atoms with van der Waals surface area (Å²) in [4.78, 5) is 22.3. The van der Waals surface area contributed by atoms with Gasteiger partial charge in [-0.15, -0.1) is 0 Å². The second-order valence-corrected chi connectivity index (χ2v) is 5.11. The molecule has 0 unspecified atom stereocenters. The number of rotatable bonds is 4. The monoisotopic (exact) mass is 303 g/mol. The number of methoxy groups -OCH3 is 1. The van der Waals surface area contributed by atoms with Crippen LogP contribution in [0.3, 0.4) is 0 Å². The SMILES string of the molecule is COC(=O)c1cc(C)nc(N2Cc3cnn(CCO)c3C2)n1. The third-order valence-corrected chi connectivity index (χ3v) is 3.57. The molecule has 0 saturated carbocycles. The first kappa shape index (κ1) is 14.5. The molecule has 0 spiro atoms. The number of ether oxygens (including phenoxy) is 1. The first-order chi connectivity index (χ1) is 10.6. The molecule has 0 aliphatic carbocycles. The Balaban J connectivity index is 1.87. The van der Waals surface area contributed by atoms with E-state index in [1.54, 1.807) is 16.9 Å². The van der Waals surface area contributed by atoms with Crippen LogP contribution in [0.2, 0.25) is 0 Å². The van der Waals surface area contributed by atoms with Gasteiger partial charge >= 0.3 is 5.97 Å². The van der Waals surface area contributed by atoms with Crippen LogP contribution in [0.5, 0.6) is 0 Å². The van der Waals surface area contributed by atoms with Gasteiger partial charge in [-0.1, -0.05) is 0 Å². The van der Waals surface area contributed by atoms with Crippen molar-refractivity contribution in [2.45, 2.75) is 26.6 Å². The van der Waals surface area contributed by atoms with Crippen LogP contribution >= 0.6 is 0 Å². The van der Waals surface area contributed by atoms with Crippen LogP contribution in [-0.2, 0) is 24.4 Å². The third kappa shape index (κ3) is 2.52. The van der Waals surface area contributed by atoms with Gasteiger partial charge in [0.25, 0.3) is 0 Å². The zero-order valence-electron chi connectivity index (χ0n) is 12.5. The molecule has 0 bridgehead atoms. The van der Waals surface area contributed by atoms with Crippen molar-refractivity contribution in [3.63, 3.8) is 0 Å². The van der Waals surface area contributed by atoms with Crippen LogP contribution in [-0.4, -0.2) is 44.5 Å². The van der Waals surface area contributed by atoms with E-state index in [2.05, 4.69) is 15.1 Å². The number of aliphatic hydroxyl groups is 1. The highest BCUT2D eigenvalue weighted by Gasteiger charge is 2.26. The number of hydrogen-bond donors (Lipinski definition) is 1. The van der Waals surface area contributed by atoms with Gasteiger partial charge in [-0.3, -0.25) is 4.68 Å². The number of esters is 1. The van der Waals surface area contributed by atoms with E-state index in [4.69, 9.17) is 9.84 Å². The molecular weight excluding hydrogens is 286 g/mol. The Morgan fingerprint density at radius 2 is 2.23 bits per heavy atom. The van der Waals surface area contributed by atoms with Gasteiger partial charge in [-0.25, -0.2) is 14.8 Å². The molecule has 2 aromatic rings. The van der Waals surface area contributed by atoms with Crippen LogP contribution < -0.4 is 4.90 Å². The maximum absolute atomic E-state index is 11.7. The maximum atomic E-state index is 11.7. The lowest BCUT2D eigenvalue weighted by atomic mass is 10.3. The van der Waals surface area contributed by atoms with E-state index in [1.807, 2.05) is 11.8 Å². The van der Waals surface area contributed by atoms with Gasteiger partial charge in [0.05, 0.1) is 38.7 Å². The Hall–Kier alpha value is -2.48. The number of aliphatic hydroxyl groups excluding tert-OH is 1. The molecule has 0 atom stereocenters. The highest BCUT2D eigenvalue weighted by molar-refractivity contribution is 5.87. The molecule has 3 heterocycles. The first-order valence-electron chi connectivity index (χ1n) is 6.95. The molecule has 1 N–H and O–H groups in total. The van der Waals surface area contributed by atoms with Gasteiger partial charge < -0.3 is 14.7 Å². The lowest BCUT2D eigenvalue weighted by Crippen LogP contribution is -2.21. The molecule has 116 valence electrons. The smallest absolute Gasteiger partial charge is 0.356 e. The standard InChI is InChI=1S/C14H17N5O3/c1-9-5-11(13(21)22-2)17-14(16-9)18-7-10-6-15-19(3-4-20)12(10)8-18/h5-6,20H,3-4,7-8H2,1-2H3. The highest BCUT2D eigenvalue weighted by Crippen LogP contribution is 2.26. The van der Waals surface area contributed by atoms with E-state index >= 15 is 0 Å². The molecule has 8 nitrogen and oxygen atoms in total. The number of nitrogens with zero attached hydrogens (tertiary/aromatic N) is 5. The van der Waals surface area contributed by atoms with Crippen LogP contribution in [0, 0.1) is 6.92 Å². The predicted octanol–water partition coefficient (Wildman–Crippen LogP) is 0.281. The van der Waals surface area contributed by atoms with Gasteiger partial charge in [0.2, 0.25) is 5.95 Å². The third-order valence-electron chi connectivity index (χ3n) is 3.57. The molecule has 1 aliphatic heterocycles. The van der Waals surface area contributed by atoms with Crippen molar-refractivity contribution in [3.8, 4) is 0 Å². The summed E-state index contributed by atoms with van der Waals surface area (Å²) in [6.07, 6.45) is 1.79. The van der Waals surface area contributed by atoms with Gasteiger partial charge in [0.1, 0.15) is 0 Å². The van der Waals surface area contributed by atoms with E-state index < -0.39 is 5.97 Å². The minimum Gasteiger partial charge on any atom is -0.464 e. The zero-order chi connectivity index (χ0) is 15.7. The number of carbonyl (C=O) groups excluding carboxylic acids is 1. The molecular formula is C14H17N5O3. The number of aromatic nitrogens is 4. The number of anilines is 1. The maximum Gasteiger partial charge on any atom is 0.356 e. The number of fused-ring (bicyclic) bond motifs is 1. The Labute approximate surface area is 127 Å². The summed E-state index contributed by atoms with van der Waals surface area (Å²) in [6.45, 7) is 3.55. The van der Waals surface area contributed by atoms with Gasteiger partial charge in [-0.05, 0) is 13.0 Å². The molecule has 0 saturated heterocycles. The number of aryl methyl sites for hydroxylation is 1. The summed E-state index contributed by atoms with van der Waals surface area (Å²) < 4.78 is 6.50. The summed E-state index contributed by atoms with van der Waals surface area (Å²) >= 11 is 0. The Bertz CT molecular complexity index is 712. The predicted molar refractivity (Wildman–Crippen MR) is 77.3 cm³/mol. The summed E-state index contributed by atoms with van der Waals surface area (Å²) in [5.41, 5.74) is 3.08. The van der Waals surface area contributed by atoms with E-state index in [-0.39, 0.29) is 12.3 Å². The molecule has 8 heteroatoms. The summed E-state index contributed by atoms with van der Waals surface area (Å²) in [5, 5.41) is 13.3. The average Bonchev–Trinajstić information content (AvgIpc) is 3.08. The van der Waals surface area contributed by atoms with E-state index in [1.165, 1.54) is 7.11 Å². The van der Waals surface area contributed by atoms with E-state index in [0.29, 0.717) is 31.3 Å². The molecule has 3 rings (SSSR count). The van der Waals surface area contributed by atoms with Crippen molar-refractivity contribution >= 4 is 11.9 Å². The largest absolute Gasteiger partial charge is 0.464 e. The molecule has 1 aliphatic rings. The second kappa shape index (κ2) is 5.72. The lowest BCUT2D eigenvalue weighted by molar-refractivity contribution is 0.0593. The van der Waals surface area contributed by atoms with Gasteiger partial charge in [-0.2, -0.15) is 5.10 Å². The Morgan fingerprint density at radius 1 is 1.41 bits per heavy atom. The van der Waals surface area contributed by atoms with E-state index in [9.17, 15) is 4.79 Å². The molecule has 0 fully saturated rings. The second-order valence-electron chi connectivity index (χ2n) is 5.11. The molecule has 0 radical (unpaired) electrons. The van der Waals surface area contributed by atoms with Gasteiger partial charge in [0.15, 0.2) is 5.69 Å². The molecule has 0 aromatic carbocycles. The quantitative estimate of drug-likeness (QED) is 0.811. The average molecular weight is 303 g/mol. The topological polar surface area (TPSA) is 93.4 Å². The molecule has 2 aromatic heterocycles. The lowest BCUT2D eigenvalue weighted by Gasteiger charge is -2.17. The van der Waals surface area contributed by atoms with Crippen molar-refractivity contribution in [1.29, 1.82) is 0 Å². The number of hydrogen-bond acceptors (Lipinski definition) is 7. The van der Waals surface area contributed by atoms with Crippen LogP contribution in [0.1, 0.15) is 27.4 Å². The molecule has 22 heavy (non-hydrogen) atoms. The van der Waals surface area contributed by atoms with Crippen molar-refractivity contribution < 1.29 is 14.6 Å². The van der Waals surface area contributed by atoms with Crippen molar-refractivity contribution in [2.75, 3.05) is 18.6 Å². The van der Waals surface area contributed by atoms with Crippen molar-refractivity contribution in [1.82, 2.24) is 19.7 Å². The highest BCUT2D eigenvalue weighted by atomic mass is 16.5. The summed E-state index contributed by atoms with van der Waals surface area (Å²) in [5.74, 6) is 0.0158. The van der Waals surface area contributed by atoms with Crippen molar-refractivity contribution in [3.05, 3.63) is 34.9 Å². The van der Waals surface area contributed by atoms with Crippen molar-refractivity contribution in [2.24, 2.45) is 0 Å². The minimum absolute atomic E-state index is 0.0432. The minimum atomic E-state index is -0.477. The number of carbonyl (C=O) groups is 1. The van der Waals surface area contributed by atoms with Crippen LogP contribution in [0.25, 0.3) is 0 Å². The summed E-state index contributed by atoms with van der Waals surface area (Å²) in [6, 6.07) is 1.60. The Morgan fingerprint density at radius 3 is 2.95 bits per heavy atom. The fraction of sp³-hybridized carbons (Fsp3) is 0.429. The van der Waals surface area contributed by atoms with Gasteiger partial charge in [0, 0.05) is 17.8 Å². The van der Waals surface area contributed by atoms with E-state index in [0.717, 1.165) is 11.3 Å². The molecule has 0 amide bonds. The first-order valence-corrected chi connectivity index (χ1v) is 6.95. The fourth-order valence-electron chi connectivity index (χ4n) is 2.54.